The molecule has 0 aliphatic carbocycles. The third-order valence-corrected chi connectivity index (χ3v) is 7.27. The number of rotatable bonds is 7. The fourth-order valence-electron chi connectivity index (χ4n) is 3.85. The smallest absolute Gasteiger partial charge is 0.256 e. The number of carbonyl (C=O) groups is 2. The van der Waals surface area contributed by atoms with Crippen LogP contribution in [0.15, 0.2) is 59.5 Å². The van der Waals surface area contributed by atoms with Gasteiger partial charge in [0.05, 0.1) is 5.56 Å². The molecule has 31 heavy (non-hydrogen) atoms. The standard InChI is InChI=1S/C24H25N3O2S2/c1-2-30-18-10-6-9-17(13-18)23(29)26-24-21(22(25)28)19-11-12-27(15-20(19)31-24)14-16-7-4-3-5-8-16/h3-10,13H,2,11-12,14-15H2,1H3,(H2,25,28)(H,26,29). The van der Waals surface area contributed by atoms with Crippen molar-refractivity contribution >= 4 is 39.9 Å². The second-order valence-corrected chi connectivity index (χ2v) is 9.88. The highest BCUT2D eigenvalue weighted by Crippen LogP contribution is 2.37. The first-order valence-electron chi connectivity index (χ1n) is 10.3. The predicted molar refractivity (Wildman–Crippen MR) is 128 cm³/mol. The van der Waals surface area contributed by atoms with Gasteiger partial charge in [-0.25, -0.2) is 0 Å². The zero-order valence-corrected chi connectivity index (χ0v) is 19.0. The lowest BCUT2D eigenvalue weighted by Crippen LogP contribution is -2.30. The van der Waals surface area contributed by atoms with E-state index >= 15 is 0 Å². The molecule has 0 radical (unpaired) electrons. The van der Waals surface area contributed by atoms with Gasteiger partial charge in [-0.2, -0.15) is 0 Å². The Kier molecular flexibility index (Phi) is 6.75. The Balaban J connectivity index is 1.55. The van der Waals surface area contributed by atoms with Crippen molar-refractivity contribution < 1.29 is 9.59 Å². The van der Waals surface area contributed by atoms with Gasteiger partial charge in [0.1, 0.15) is 5.00 Å². The molecule has 5 nitrogen and oxygen atoms in total. The van der Waals surface area contributed by atoms with E-state index in [2.05, 4.69) is 29.3 Å². The van der Waals surface area contributed by atoms with Crippen LogP contribution in [0.4, 0.5) is 5.00 Å². The summed E-state index contributed by atoms with van der Waals surface area (Å²) >= 11 is 3.15. The zero-order valence-electron chi connectivity index (χ0n) is 17.4. The first-order chi connectivity index (χ1) is 15.0. The minimum Gasteiger partial charge on any atom is -0.365 e. The maximum atomic E-state index is 12.9. The molecule has 1 aromatic heterocycles. The molecule has 2 aromatic carbocycles. The van der Waals surface area contributed by atoms with Gasteiger partial charge in [-0.05, 0) is 41.5 Å². The number of hydrogen-bond acceptors (Lipinski definition) is 5. The fourth-order valence-corrected chi connectivity index (χ4v) is 5.86. The molecule has 0 unspecified atom stereocenters. The summed E-state index contributed by atoms with van der Waals surface area (Å²) in [7, 11) is 0. The predicted octanol–water partition coefficient (Wildman–Crippen LogP) is 4.77. The van der Waals surface area contributed by atoms with E-state index in [9.17, 15) is 9.59 Å². The molecule has 3 N–H and O–H groups in total. The zero-order chi connectivity index (χ0) is 21.8. The number of nitrogens with one attached hydrogen (secondary N) is 1. The van der Waals surface area contributed by atoms with Crippen molar-refractivity contribution in [3.63, 3.8) is 0 Å². The SMILES string of the molecule is CCSc1cccc(C(=O)Nc2sc3c(c2C(N)=O)CCN(Cc2ccccc2)C3)c1. The molecule has 4 rings (SSSR count). The van der Waals surface area contributed by atoms with E-state index in [1.807, 2.05) is 36.4 Å². The Hall–Kier alpha value is -2.61. The van der Waals surface area contributed by atoms with E-state index in [1.54, 1.807) is 17.8 Å². The molecule has 3 aromatic rings. The number of nitrogens with zero attached hydrogens (tertiary/aromatic N) is 1. The van der Waals surface area contributed by atoms with Crippen LogP contribution >= 0.6 is 23.1 Å². The molecule has 160 valence electrons. The molecule has 0 saturated carbocycles. The van der Waals surface area contributed by atoms with Crippen molar-refractivity contribution in [1.29, 1.82) is 0 Å². The normalized spacial score (nSPS) is 13.6. The number of benzene rings is 2. The summed E-state index contributed by atoms with van der Waals surface area (Å²) in [6, 6.07) is 17.9. The third-order valence-electron chi connectivity index (χ3n) is 5.27. The maximum absolute atomic E-state index is 12.9. The number of thiophene rings is 1. The molecule has 1 aliphatic rings. The van der Waals surface area contributed by atoms with Crippen LogP contribution in [0.25, 0.3) is 0 Å². The summed E-state index contributed by atoms with van der Waals surface area (Å²) in [6.07, 6.45) is 0.745. The molecule has 1 aliphatic heterocycles. The van der Waals surface area contributed by atoms with Crippen LogP contribution in [0.3, 0.4) is 0 Å². The van der Waals surface area contributed by atoms with E-state index in [-0.39, 0.29) is 5.91 Å². The van der Waals surface area contributed by atoms with Gasteiger partial charge in [-0.1, -0.05) is 43.3 Å². The number of fused-ring (bicyclic) bond motifs is 1. The van der Waals surface area contributed by atoms with Gasteiger partial charge in [0.25, 0.3) is 11.8 Å². The highest BCUT2D eigenvalue weighted by atomic mass is 32.2. The number of primary amides is 1. The summed E-state index contributed by atoms with van der Waals surface area (Å²) in [5, 5.41) is 3.50. The van der Waals surface area contributed by atoms with E-state index in [0.29, 0.717) is 16.1 Å². The quantitative estimate of drug-likeness (QED) is 0.508. The Morgan fingerprint density at radius 1 is 1.16 bits per heavy atom. The third kappa shape index (κ3) is 5.01. The summed E-state index contributed by atoms with van der Waals surface area (Å²) in [5.74, 6) is 0.231. The number of hydrogen-bond donors (Lipinski definition) is 2. The van der Waals surface area contributed by atoms with Crippen molar-refractivity contribution in [2.75, 3.05) is 17.6 Å². The monoisotopic (exact) mass is 451 g/mol. The van der Waals surface area contributed by atoms with E-state index in [1.165, 1.54) is 16.9 Å². The highest BCUT2D eigenvalue weighted by Gasteiger charge is 2.28. The van der Waals surface area contributed by atoms with Crippen molar-refractivity contribution in [1.82, 2.24) is 4.90 Å². The molecule has 7 heteroatoms. The van der Waals surface area contributed by atoms with Crippen LogP contribution in [-0.2, 0) is 19.5 Å². The van der Waals surface area contributed by atoms with Crippen molar-refractivity contribution in [2.45, 2.75) is 31.3 Å². The topological polar surface area (TPSA) is 75.4 Å². The van der Waals surface area contributed by atoms with Gasteiger partial charge >= 0.3 is 0 Å². The van der Waals surface area contributed by atoms with Gasteiger partial charge in [-0.3, -0.25) is 14.5 Å². The number of anilines is 1. The Morgan fingerprint density at radius 3 is 2.71 bits per heavy atom. The Morgan fingerprint density at radius 2 is 1.97 bits per heavy atom. The van der Waals surface area contributed by atoms with Gasteiger partial charge < -0.3 is 11.1 Å². The van der Waals surface area contributed by atoms with Gasteiger partial charge in [0, 0.05) is 35.0 Å². The number of thioether (sulfide) groups is 1. The lowest BCUT2D eigenvalue weighted by atomic mass is 10.0. The lowest BCUT2D eigenvalue weighted by molar-refractivity contribution is 0.0999. The second-order valence-electron chi connectivity index (χ2n) is 7.43. The molecular formula is C24H25N3O2S2. The second kappa shape index (κ2) is 9.68. The van der Waals surface area contributed by atoms with Gasteiger partial charge in [-0.15, -0.1) is 23.1 Å². The minimum atomic E-state index is -0.486. The van der Waals surface area contributed by atoms with Crippen molar-refractivity contribution in [3.8, 4) is 0 Å². The Bertz CT molecular complexity index is 1100. The number of amides is 2. The van der Waals surface area contributed by atoms with E-state index in [0.717, 1.165) is 47.1 Å². The number of nitrogens with two attached hydrogens (primary N) is 1. The molecular weight excluding hydrogens is 426 g/mol. The molecule has 0 fully saturated rings. The molecule has 0 saturated heterocycles. The van der Waals surface area contributed by atoms with Crippen LogP contribution in [-0.4, -0.2) is 29.0 Å². The minimum absolute atomic E-state index is 0.221. The average Bonchev–Trinajstić information content (AvgIpc) is 3.12. The Labute approximate surface area is 190 Å². The fraction of sp³-hybridized carbons (Fsp3) is 0.250. The highest BCUT2D eigenvalue weighted by molar-refractivity contribution is 7.99. The molecule has 0 atom stereocenters. The first kappa shape index (κ1) is 21.6. The van der Waals surface area contributed by atoms with Crippen molar-refractivity contribution in [3.05, 3.63) is 81.7 Å². The molecule has 0 bridgehead atoms. The summed E-state index contributed by atoms with van der Waals surface area (Å²) in [5.41, 5.74) is 9.00. The van der Waals surface area contributed by atoms with Crippen LogP contribution in [0.2, 0.25) is 0 Å². The van der Waals surface area contributed by atoms with Crippen LogP contribution in [0, 0.1) is 0 Å². The number of carbonyl (C=O) groups excluding carboxylic acids is 2. The average molecular weight is 452 g/mol. The lowest BCUT2D eigenvalue weighted by Gasteiger charge is -2.27. The molecule has 2 amide bonds. The maximum Gasteiger partial charge on any atom is 0.256 e. The van der Waals surface area contributed by atoms with Gasteiger partial charge in [0.15, 0.2) is 0 Å². The first-order valence-corrected chi connectivity index (χ1v) is 12.1. The summed E-state index contributed by atoms with van der Waals surface area (Å²) in [4.78, 5) is 29.6. The summed E-state index contributed by atoms with van der Waals surface area (Å²) < 4.78 is 0. The van der Waals surface area contributed by atoms with Crippen LogP contribution in [0.5, 0.6) is 0 Å². The van der Waals surface area contributed by atoms with Crippen LogP contribution in [0.1, 0.15) is 43.6 Å². The van der Waals surface area contributed by atoms with Gasteiger partial charge in [0.2, 0.25) is 0 Å². The molecule has 0 spiro atoms. The van der Waals surface area contributed by atoms with E-state index in [4.69, 9.17) is 5.73 Å². The van der Waals surface area contributed by atoms with Crippen LogP contribution < -0.4 is 11.1 Å². The molecule has 2 heterocycles. The largest absolute Gasteiger partial charge is 0.365 e. The van der Waals surface area contributed by atoms with Crippen molar-refractivity contribution in [2.24, 2.45) is 5.73 Å². The summed E-state index contributed by atoms with van der Waals surface area (Å²) in [6.45, 7) is 4.53. The van der Waals surface area contributed by atoms with E-state index < -0.39 is 5.91 Å².